The lowest BCUT2D eigenvalue weighted by molar-refractivity contribution is -0.138. The summed E-state index contributed by atoms with van der Waals surface area (Å²) in [5, 5.41) is 12.3. The van der Waals surface area contributed by atoms with E-state index in [9.17, 15) is 18.0 Å². The maximum absolute atomic E-state index is 13.0. The molecule has 0 aromatic heterocycles. The maximum Gasteiger partial charge on any atom is 0.416 e. The minimum absolute atomic E-state index is 0.212. The summed E-state index contributed by atoms with van der Waals surface area (Å²) < 4.78 is 39.0. The van der Waals surface area contributed by atoms with Crippen LogP contribution in [0.2, 0.25) is 5.02 Å². The Morgan fingerprint density at radius 3 is 2.52 bits per heavy atom. The fourth-order valence-corrected chi connectivity index (χ4v) is 2.80. The molecule has 2 rings (SSSR count). The first-order valence-electron chi connectivity index (χ1n) is 7.63. The summed E-state index contributed by atoms with van der Waals surface area (Å²) in [6.07, 6.45) is -4.64. The summed E-state index contributed by atoms with van der Waals surface area (Å²) in [6, 6.07) is 8.31. The maximum atomic E-state index is 13.0. The van der Waals surface area contributed by atoms with E-state index >= 15 is 0 Å². The summed E-state index contributed by atoms with van der Waals surface area (Å²) >= 11 is 6.06. The fraction of sp³-hybridized carbons (Fsp3) is 0.278. The van der Waals surface area contributed by atoms with E-state index in [1.54, 1.807) is 12.1 Å². The van der Waals surface area contributed by atoms with E-state index in [1.807, 2.05) is 6.92 Å². The lowest BCUT2D eigenvalue weighted by Crippen LogP contribution is -2.14. The lowest BCUT2D eigenvalue weighted by atomic mass is 9.95. The molecule has 0 aliphatic heterocycles. The number of nitrogens with one attached hydrogen (secondary N) is 1. The highest BCUT2D eigenvalue weighted by atomic mass is 35.5. The normalized spacial score (nSPS) is 11.6. The Labute approximate surface area is 148 Å². The minimum atomic E-state index is -4.43. The summed E-state index contributed by atoms with van der Waals surface area (Å²) in [7, 11) is 0. The van der Waals surface area contributed by atoms with Crippen LogP contribution in [0.4, 0.5) is 13.2 Å². The van der Waals surface area contributed by atoms with Crippen molar-refractivity contribution >= 4 is 17.6 Å². The molecule has 25 heavy (non-hydrogen) atoms. The standard InChI is InChI=1S/C18H17ClF3NO2/c1-2-23-10-13-8-14(18(20,21)22)3-4-16(13)12-5-11(7-17(24)25)6-15(19)9-12/h3-6,8-9,23H,2,7,10H2,1H3,(H,24,25). The molecule has 0 unspecified atom stereocenters. The molecule has 2 aromatic rings. The van der Waals surface area contributed by atoms with Gasteiger partial charge >= 0.3 is 12.1 Å². The van der Waals surface area contributed by atoms with Crippen molar-refractivity contribution in [3.63, 3.8) is 0 Å². The number of aliphatic carboxylic acids is 1. The molecule has 2 N–H and O–H groups in total. The van der Waals surface area contributed by atoms with Gasteiger partial charge in [0.2, 0.25) is 0 Å². The van der Waals surface area contributed by atoms with Crippen molar-refractivity contribution in [2.24, 2.45) is 0 Å². The second-order valence-electron chi connectivity index (χ2n) is 5.57. The Morgan fingerprint density at radius 2 is 1.92 bits per heavy atom. The molecule has 0 bridgehead atoms. The predicted octanol–water partition coefficient (Wildman–Crippen LogP) is 4.76. The zero-order valence-corrected chi connectivity index (χ0v) is 14.2. The predicted molar refractivity (Wildman–Crippen MR) is 90.6 cm³/mol. The van der Waals surface area contributed by atoms with Gasteiger partial charge in [-0.2, -0.15) is 13.2 Å². The third kappa shape index (κ3) is 5.21. The number of carboxylic acid groups (broad SMARTS) is 1. The molecule has 0 saturated heterocycles. The first-order valence-corrected chi connectivity index (χ1v) is 8.01. The molecule has 0 radical (unpaired) electrons. The van der Waals surface area contributed by atoms with Crippen molar-refractivity contribution in [3.05, 3.63) is 58.1 Å². The van der Waals surface area contributed by atoms with Gasteiger partial charge in [0.1, 0.15) is 0 Å². The molecule has 0 aliphatic rings. The molecular weight excluding hydrogens is 355 g/mol. The van der Waals surface area contributed by atoms with Crippen LogP contribution in [0.1, 0.15) is 23.6 Å². The smallest absolute Gasteiger partial charge is 0.416 e. The quantitative estimate of drug-likeness (QED) is 0.769. The lowest BCUT2D eigenvalue weighted by Gasteiger charge is -2.15. The number of halogens is 4. The minimum Gasteiger partial charge on any atom is -0.481 e. The topological polar surface area (TPSA) is 49.3 Å². The van der Waals surface area contributed by atoms with Crippen molar-refractivity contribution in [3.8, 4) is 11.1 Å². The number of rotatable bonds is 6. The van der Waals surface area contributed by atoms with Gasteiger partial charge in [0.15, 0.2) is 0 Å². The van der Waals surface area contributed by atoms with Gasteiger partial charge in [-0.1, -0.05) is 30.7 Å². The van der Waals surface area contributed by atoms with Gasteiger partial charge in [0.25, 0.3) is 0 Å². The van der Waals surface area contributed by atoms with Crippen molar-refractivity contribution in [1.29, 1.82) is 0 Å². The SMILES string of the molecule is CCNCc1cc(C(F)(F)F)ccc1-c1cc(Cl)cc(CC(=O)O)c1. The first kappa shape index (κ1) is 19.3. The van der Waals surface area contributed by atoms with Gasteiger partial charge < -0.3 is 10.4 Å². The van der Waals surface area contributed by atoms with Crippen LogP contribution in [0.15, 0.2) is 36.4 Å². The largest absolute Gasteiger partial charge is 0.481 e. The van der Waals surface area contributed by atoms with Crippen LogP contribution in [0, 0.1) is 0 Å². The van der Waals surface area contributed by atoms with Crippen LogP contribution in [0.25, 0.3) is 11.1 Å². The van der Waals surface area contributed by atoms with Gasteiger partial charge in [0.05, 0.1) is 12.0 Å². The average Bonchev–Trinajstić information content (AvgIpc) is 2.50. The molecule has 134 valence electrons. The van der Waals surface area contributed by atoms with E-state index in [0.717, 1.165) is 12.1 Å². The van der Waals surface area contributed by atoms with Crippen molar-refractivity contribution in [2.45, 2.75) is 26.1 Å². The summed E-state index contributed by atoms with van der Waals surface area (Å²) in [4.78, 5) is 10.9. The summed E-state index contributed by atoms with van der Waals surface area (Å²) in [6.45, 7) is 2.73. The Bertz CT molecular complexity index is 775. The number of carbonyl (C=O) groups is 1. The highest BCUT2D eigenvalue weighted by molar-refractivity contribution is 6.31. The molecule has 0 heterocycles. The number of carboxylic acids is 1. The van der Waals surface area contributed by atoms with Crippen LogP contribution < -0.4 is 5.32 Å². The van der Waals surface area contributed by atoms with Crippen molar-refractivity contribution in [2.75, 3.05) is 6.54 Å². The highest BCUT2D eigenvalue weighted by Gasteiger charge is 2.31. The second-order valence-corrected chi connectivity index (χ2v) is 6.01. The van der Waals surface area contributed by atoms with E-state index in [4.69, 9.17) is 16.7 Å². The van der Waals surface area contributed by atoms with Crippen LogP contribution in [-0.2, 0) is 23.9 Å². The molecule has 0 spiro atoms. The third-order valence-electron chi connectivity index (χ3n) is 3.62. The number of alkyl halides is 3. The first-order chi connectivity index (χ1) is 11.7. The van der Waals surface area contributed by atoms with Gasteiger partial charge in [0, 0.05) is 11.6 Å². The number of hydrogen-bond donors (Lipinski definition) is 2. The van der Waals surface area contributed by atoms with E-state index < -0.39 is 17.7 Å². The molecule has 3 nitrogen and oxygen atoms in total. The van der Waals surface area contributed by atoms with Crippen LogP contribution in [0.3, 0.4) is 0 Å². The molecule has 0 atom stereocenters. The van der Waals surface area contributed by atoms with Crippen molar-refractivity contribution in [1.82, 2.24) is 5.32 Å². The Kier molecular flexibility index (Phi) is 6.08. The fourth-order valence-electron chi connectivity index (χ4n) is 2.54. The second kappa shape index (κ2) is 7.89. The van der Waals surface area contributed by atoms with Gasteiger partial charge in [-0.15, -0.1) is 0 Å². The Hall–Kier alpha value is -2.05. The molecule has 0 amide bonds. The molecule has 7 heteroatoms. The number of benzene rings is 2. The molecule has 0 saturated carbocycles. The van der Waals surface area contributed by atoms with Gasteiger partial charge in [-0.25, -0.2) is 0 Å². The third-order valence-corrected chi connectivity index (χ3v) is 3.84. The molecule has 2 aromatic carbocycles. The zero-order chi connectivity index (χ0) is 18.6. The Balaban J connectivity index is 2.53. The van der Waals surface area contributed by atoms with Gasteiger partial charge in [-0.3, -0.25) is 4.79 Å². The van der Waals surface area contributed by atoms with Crippen LogP contribution in [0.5, 0.6) is 0 Å². The zero-order valence-electron chi connectivity index (χ0n) is 13.5. The molecule has 0 fully saturated rings. The molecular formula is C18H17ClF3NO2. The van der Waals surface area contributed by atoms with Crippen LogP contribution >= 0.6 is 11.6 Å². The Morgan fingerprint density at radius 1 is 1.20 bits per heavy atom. The van der Waals surface area contributed by atoms with Crippen LogP contribution in [-0.4, -0.2) is 17.6 Å². The summed E-state index contributed by atoms with van der Waals surface area (Å²) in [5.41, 5.74) is 1.41. The summed E-state index contributed by atoms with van der Waals surface area (Å²) in [5.74, 6) is -1.01. The van der Waals surface area contributed by atoms with E-state index in [1.165, 1.54) is 12.1 Å². The van der Waals surface area contributed by atoms with E-state index in [-0.39, 0.29) is 13.0 Å². The average molecular weight is 372 g/mol. The van der Waals surface area contributed by atoms with Gasteiger partial charge in [-0.05, 0) is 53.1 Å². The monoisotopic (exact) mass is 371 g/mol. The van der Waals surface area contributed by atoms with E-state index in [0.29, 0.717) is 33.8 Å². The van der Waals surface area contributed by atoms with E-state index in [2.05, 4.69) is 5.32 Å². The molecule has 0 aliphatic carbocycles. The van der Waals surface area contributed by atoms with Crippen molar-refractivity contribution < 1.29 is 23.1 Å². The highest BCUT2D eigenvalue weighted by Crippen LogP contribution is 2.34. The number of hydrogen-bond acceptors (Lipinski definition) is 2.